The Labute approximate surface area is 169 Å². The van der Waals surface area contributed by atoms with Gasteiger partial charge in [0.2, 0.25) is 8.32 Å². The van der Waals surface area contributed by atoms with Crippen molar-refractivity contribution >= 4 is 20.3 Å². The van der Waals surface area contributed by atoms with E-state index in [1.54, 1.807) is 0 Å². The topological polar surface area (TPSA) is 55.8 Å². The van der Waals surface area contributed by atoms with Gasteiger partial charge in [-0.05, 0) is 42.3 Å². The lowest BCUT2D eigenvalue weighted by Gasteiger charge is -2.35. The van der Waals surface area contributed by atoms with Crippen molar-refractivity contribution in [3.63, 3.8) is 0 Å². The Morgan fingerprint density at radius 3 is 2.54 bits per heavy atom. The molecule has 1 aromatic rings. The van der Waals surface area contributed by atoms with Gasteiger partial charge in [-0.25, -0.2) is 9.69 Å². The first-order chi connectivity index (χ1) is 13.1. The summed E-state index contributed by atoms with van der Waals surface area (Å²) in [4.78, 5) is 24.7. The first kappa shape index (κ1) is 22.0. The Balaban J connectivity index is 2.06. The number of benzene rings is 1. The van der Waals surface area contributed by atoms with Crippen LogP contribution in [0.2, 0.25) is 18.1 Å². The van der Waals surface area contributed by atoms with E-state index in [4.69, 9.17) is 9.16 Å². The van der Waals surface area contributed by atoms with Crippen molar-refractivity contribution in [2.45, 2.75) is 51.2 Å². The summed E-state index contributed by atoms with van der Waals surface area (Å²) < 4.78 is 11.0. The van der Waals surface area contributed by atoms with Crippen molar-refractivity contribution < 1.29 is 18.8 Å². The highest BCUT2D eigenvalue weighted by molar-refractivity contribution is 6.74. The van der Waals surface area contributed by atoms with Crippen LogP contribution in [0.5, 0.6) is 0 Å². The van der Waals surface area contributed by atoms with Crippen molar-refractivity contribution in [1.29, 1.82) is 0 Å². The normalized spacial score (nSPS) is 16.6. The molecule has 2 amide bonds. The second-order valence-electron chi connectivity index (χ2n) is 8.47. The number of allylic oxidation sites excluding steroid dienone is 2. The van der Waals surface area contributed by atoms with Crippen LogP contribution in [-0.4, -0.2) is 38.4 Å². The minimum atomic E-state index is -1.86. The van der Waals surface area contributed by atoms with E-state index in [1.165, 1.54) is 6.08 Å². The number of rotatable bonds is 7. The number of hydrogen-bond acceptors (Lipinski definition) is 4. The number of nitrogens with zero attached hydrogens (tertiary/aromatic N) is 1. The van der Waals surface area contributed by atoms with E-state index >= 15 is 0 Å². The maximum Gasteiger partial charge on any atom is 0.416 e. The van der Waals surface area contributed by atoms with E-state index in [-0.39, 0.29) is 23.5 Å². The second kappa shape index (κ2) is 9.23. The Kier molecular flexibility index (Phi) is 7.24. The molecule has 0 unspecified atom stereocenters. The van der Waals surface area contributed by atoms with Gasteiger partial charge < -0.3 is 9.16 Å². The third-order valence-corrected chi connectivity index (χ3v) is 9.72. The maximum absolute atomic E-state index is 12.1. The molecule has 2 rings (SSSR count). The number of imide groups is 1. The molecule has 5 nitrogen and oxygen atoms in total. The smallest absolute Gasteiger partial charge is 0.416 e. The zero-order valence-electron chi connectivity index (χ0n) is 17.5. The first-order valence-electron chi connectivity index (χ1n) is 9.66. The quantitative estimate of drug-likeness (QED) is 0.357. The highest BCUT2D eigenvalue weighted by Crippen LogP contribution is 2.37. The molecule has 1 atom stereocenters. The number of cyclic esters (lactones) is 1. The van der Waals surface area contributed by atoms with Crippen LogP contribution in [-0.2, 0) is 14.0 Å². The fraction of sp³-hybridized carbons (Fsp3) is 0.455. The van der Waals surface area contributed by atoms with Crippen molar-refractivity contribution in [3.8, 4) is 0 Å². The summed E-state index contributed by atoms with van der Waals surface area (Å²) in [5.41, 5.74) is 1.15. The van der Waals surface area contributed by atoms with Crippen LogP contribution < -0.4 is 0 Å². The first-order valence-corrected chi connectivity index (χ1v) is 12.6. The van der Waals surface area contributed by atoms with Gasteiger partial charge in [-0.3, -0.25) is 4.79 Å². The van der Waals surface area contributed by atoms with Crippen LogP contribution in [0.1, 0.15) is 38.7 Å². The van der Waals surface area contributed by atoms with E-state index in [9.17, 15) is 9.59 Å². The summed E-state index contributed by atoms with van der Waals surface area (Å²) in [6, 6.07) is 10.1. The lowest BCUT2D eigenvalue weighted by atomic mass is 9.95. The largest absolute Gasteiger partial charge is 0.549 e. The van der Waals surface area contributed by atoms with Gasteiger partial charge in [-0.15, -0.1) is 0 Å². The Bertz CT molecular complexity index is 735. The van der Waals surface area contributed by atoms with Crippen LogP contribution in [0.15, 0.2) is 54.8 Å². The molecule has 0 N–H and O–H groups in total. The molecule has 1 heterocycles. The van der Waals surface area contributed by atoms with Gasteiger partial charge >= 0.3 is 6.09 Å². The van der Waals surface area contributed by atoms with Crippen molar-refractivity contribution in [1.82, 2.24) is 4.90 Å². The number of ether oxygens (including phenoxy) is 1. The van der Waals surface area contributed by atoms with Crippen LogP contribution >= 0.6 is 0 Å². The monoisotopic (exact) mass is 401 g/mol. The molecule has 28 heavy (non-hydrogen) atoms. The second-order valence-corrected chi connectivity index (χ2v) is 13.2. The molecular weight excluding hydrogens is 370 g/mol. The van der Waals surface area contributed by atoms with Crippen molar-refractivity contribution in [2.24, 2.45) is 0 Å². The summed E-state index contributed by atoms with van der Waals surface area (Å²) >= 11 is 0. The molecule has 6 heteroatoms. The Morgan fingerprint density at radius 1 is 1.29 bits per heavy atom. The molecule has 0 spiro atoms. The number of carbonyl (C=O) groups is 2. The molecule has 1 fully saturated rings. The molecule has 1 aliphatic heterocycles. The van der Waals surface area contributed by atoms with E-state index in [0.717, 1.165) is 10.5 Å². The maximum atomic E-state index is 12.1. The van der Waals surface area contributed by atoms with Gasteiger partial charge in [-0.1, -0.05) is 57.2 Å². The summed E-state index contributed by atoms with van der Waals surface area (Å²) in [7, 11) is -1.86. The molecule has 1 aliphatic rings. The van der Waals surface area contributed by atoms with Crippen LogP contribution in [0.4, 0.5) is 4.79 Å². The zero-order valence-corrected chi connectivity index (χ0v) is 18.5. The SMILES string of the molecule is CC(C)(C)[Si](C)(C)O/C=C/[C@@H](C/C=C/C(=O)N1CCOC1=O)c1ccccc1. The average Bonchev–Trinajstić information content (AvgIpc) is 3.06. The van der Waals surface area contributed by atoms with Crippen molar-refractivity contribution in [2.75, 3.05) is 13.2 Å². The van der Waals surface area contributed by atoms with Crippen LogP contribution in [0, 0.1) is 0 Å². The molecule has 0 saturated carbocycles. The van der Waals surface area contributed by atoms with Gasteiger partial charge in [0.15, 0.2) is 0 Å². The van der Waals surface area contributed by atoms with Gasteiger partial charge in [0.1, 0.15) is 6.61 Å². The predicted octanol–water partition coefficient (Wildman–Crippen LogP) is 5.23. The van der Waals surface area contributed by atoms with Gasteiger partial charge in [0, 0.05) is 5.92 Å². The number of carbonyl (C=O) groups excluding carboxylic acids is 2. The van der Waals surface area contributed by atoms with E-state index in [0.29, 0.717) is 13.0 Å². The fourth-order valence-electron chi connectivity index (χ4n) is 2.51. The average molecular weight is 402 g/mol. The summed E-state index contributed by atoms with van der Waals surface area (Å²) in [5, 5.41) is 0.135. The molecule has 0 aromatic heterocycles. The molecule has 152 valence electrons. The lowest BCUT2D eigenvalue weighted by molar-refractivity contribution is -0.122. The lowest BCUT2D eigenvalue weighted by Crippen LogP contribution is -2.39. The fourth-order valence-corrected chi connectivity index (χ4v) is 3.28. The zero-order chi connectivity index (χ0) is 20.8. The van der Waals surface area contributed by atoms with E-state index < -0.39 is 14.4 Å². The van der Waals surface area contributed by atoms with Crippen LogP contribution in [0.3, 0.4) is 0 Å². The predicted molar refractivity (Wildman–Crippen MR) is 113 cm³/mol. The minimum absolute atomic E-state index is 0.0838. The van der Waals surface area contributed by atoms with E-state index in [1.807, 2.05) is 30.5 Å². The van der Waals surface area contributed by atoms with Crippen molar-refractivity contribution in [3.05, 3.63) is 60.4 Å². The summed E-state index contributed by atoms with van der Waals surface area (Å²) in [5.74, 6) is -0.253. The van der Waals surface area contributed by atoms with Gasteiger partial charge in [-0.2, -0.15) is 0 Å². The van der Waals surface area contributed by atoms with Crippen LogP contribution in [0.25, 0.3) is 0 Å². The highest BCUT2D eigenvalue weighted by Gasteiger charge is 2.38. The van der Waals surface area contributed by atoms with Gasteiger partial charge in [0.25, 0.3) is 5.91 Å². The molecule has 0 bridgehead atoms. The summed E-state index contributed by atoms with van der Waals surface area (Å²) in [6.07, 6.45) is 7.19. The van der Waals surface area contributed by atoms with Gasteiger partial charge in [0.05, 0.1) is 12.8 Å². The summed E-state index contributed by atoms with van der Waals surface area (Å²) in [6.45, 7) is 11.6. The third kappa shape index (κ3) is 5.83. The standard InChI is InChI=1S/C22H31NO4Si/c1-22(2,3)28(4,5)27-16-14-19(18-10-7-6-8-11-18)12-9-13-20(24)23-15-17-26-21(23)25/h6-11,13-14,16,19H,12,15,17H2,1-5H3/b13-9+,16-14+/t19-/m1/s1. The Hall–Kier alpha value is -2.34. The number of hydrogen-bond donors (Lipinski definition) is 0. The van der Waals surface area contributed by atoms with E-state index in [2.05, 4.69) is 52.1 Å². The Morgan fingerprint density at radius 2 is 1.96 bits per heavy atom. The number of amides is 2. The third-order valence-electron chi connectivity index (χ3n) is 5.38. The molecule has 0 aliphatic carbocycles. The highest BCUT2D eigenvalue weighted by atomic mass is 28.4. The molecule has 0 radical (unpaired) electrons. The molecular formula is C22H31NO4Si. The molecule has 1 saturated heterocycles. The molecule has 1 aromatic carbocycles. The minimum Gasteiger partial charge on any atom is -0.549 e.